The molecule has 4 unspecified atom stereocenters. The summed E-state index contributed by atoms with van der Waals surface area (Å²) in [6, 6.07) is 0.944. The average molecular weight is 138 g/mol. The summed E-state index contributed by atoms with van der Waals surface area (Å²) in [6.45, 7) is 4.47. The first kappa shape index (κ1) is 6.32. The van der Waals surface area contributed by atoms with E-state index >= 15 is 0 Å². The predicted octanol–water partition coefficient (Wildman–Crippen LogP) is 1.84. The summed E-state index contributed by atoms with van der Waals surface area (Å²) in [7, 11) is 0. The van der Waals surface area contributed by atoms with Crippen LogP contribution in [-0.4, -0.2) is 16.8 Å². The summed E-state index contributed by atoms with van der Waals surface area (Å²) in [4.78, 5) is 0. The van der Waals surface area contributed by atoms with Crippen LogP contribution in [0, 0.1) is 11.8 Å². The van der Waals surface area contributed by atoms with Crippen molar-refractivity contribution >= 4 is 0 Å². The Bertz CT molecular complexity index is 158. The maximum absolute atomic E-state index is 9.50. The smallest absolute Gasteiger partial charge is 0.144 e. The highest BCUT2D eigenvalue weighted by molar-refractivity contribution is 4.88. The minimum atomic E-state index is 0.472. The van der Waals surface area contributed by atoms with E-state index in [0.29, 0.717) is 23.9 Å². The molecule has 2 fully saturated rings. The molecule has 0 spiro atoms. The Balaban J connectivity index is 2.25. The van der Waals surface area contributed by atoms with E-state index in [1.54, 1.807) is 4.70 Å². The summed E-state index contributed by atoms with van der Waals surface area (Å²) >= 11 is 0. The zero-order chi connectivity index (χ0) is 7.30. The zero-order valence-corrected chi connectivity index (χ0v) is 6.62. The molecule has 2 nitrogen and oxygen atoms in total. The van der Waals surface area contributed by atoms with Crippen LogP contribution in [-0.2, 0) is 0 Å². The SMILES string of the molecule is CC1CC2C(C)CC1[N+]2=[N-]. The maximum atomic E-state index is 9.50. The van der Waals surface area contributed by atoms with Crippen LogP contribution in [0.25, 0.3) is 5.53 Å². The van der Waals surface area contributed by atoms with Crippen LogP contribution in [0.5, 0.6) is 0 Å². The van der Waals surface area contributed by atoms with Gasteiger partial charge in [0.2, 0.25) is 0 Å². The fourth-order valence-electron chi connectivity index (χ4n) is 2.52. The number of fused-ring (bicyclic) bond motifs is 2. The standard InChI is InChI=1S/C8H14N2/c1-5-3-8-6(2)4-7(5)10(8)9/h5-8H,3-4H2,1-2H3. The molecule has 2 rings (SSSR count). The third-order valence-electron chi connectivity index (χ3n) is 3.22. The predicted molar refractivity (Wildman–Crippen MR) is 38.8 cm³/mol. The summed E-state index contributed by atoms with van der Waals surface area (Å²) in [5, 5.41) is 0. The second kappa shape index (κ2) is 1.80. The van der Waals surface area contributed by atoms with Gasteiger partial charge in [0, 0.05) is 24.7 Å². The van der Waals surface area contributed by atoms with Gasteiger partial charge in [-0.05, 0) is 0 Å². The number of nitrogens with zero attached hydrogens (tertiary/aromatic N) is 2. The van der Waals surface area contributed by atoms with Gasteiger partial charge in [-0.3, -0.25) is 0 Å². The number of hydrogen-bond acceptors (Lipinski definition) is 0. The van der Waals surface area contributed by atoms with Gasteiger partial charge in [0.15, 0.2) is 0 Å². The van der Waals surface area contributed by atoms with Crippen molar-refractivity contribution < 1.29 is 4.70 Å². The molecule has 2 aliphatic rings. The molecule has 0 amide bonds. The number of rotatable bonds is 0. The van der Waals surface area contributed by atoms with Gasteiger partial charge in [-0.1, -0.05) is 13.8 Å². The van der Waals surface area contributed by atoms with Crippen LogP contribution in [0.4, 0.5) is 0 Å². The first-order chi connectivity index (χ1) is 4.70. The first-order valence-electron chi connectivity index (χ1n) is 4.17. The lowest BCUT2D eigenvalue weighted by atomic mass is 9.84. The van der Waals surface area contributed by atoms with Crippen LogP contribution in [0.1, 0.15) is 26.7 Å². The van der Waals surface area contributed by atoms with Crippen molar-refractivity contribution in [1.82, 2.24) is 0 Å². The van der Waals surface area contributed by atoms with Gasteiger partial charge in [-0.25, -0.2) is 0 Å². The van der Waals surface area contributed by atoms with Crippen LogP contribution in [0.3, 0.4) is 0 Å². The largest absolute Gasteiger partial charge is 0.506 e. The van der Waals surface area contributed by atoms with E-state index in [2.05, 4.69) is 13.8 Å². The second-order valence-electron chi connectivity index (χ2n) is 3.94. The molecule has 0 saturated carbocycles. The topological polar surface area (TPSA) is 25.3 Å². The van der Waals surface area contributed by atoms with E-state index in [0.717, 1.165) is 0 Å². The number of hydrogen-bond donors (Lipinski definition) is 0. The zero-order valence-electron chi connectivity index (χ0n) is 6.62. The van der Waals surface area contributed by atoms with E-state index in [1.807, 2.05) is 0 Å². The minimum Gasteiger partial charge on any atom is -0.506 e. The van der Waals surface area contributed by atoms with Crippen molar-refractivity contribution in [2.45, 2.75) is 38.8 Å². The molecule has 2 heteroatoms. The molecule has 0 aromatic carbocycles. The first-order valence-corrected chi connectivity index (χ1v) is 4.17. The van der Waals surface area contributed by atoms with Crippen LogP contribution >= 0.6 is 0 Å². The van der Waals surface area contributed by atoms with Crippen molar-refractivity contribution in [1.29, 1.82) is 0 Å². The molecule has 2 aliphatic heterocycles. The van der Waals surface area contributed by atoms with Crippen molar-refractivity contribution in [3.05, 3.63) is 5.53 Å². The third kappa shape index (κ3) is 0.594. The van der Waals surface area contributed by atoms with Crippen LogP contribution in [0.2, 0.25) is 0 Å². The van der Waals surface area contributed by atoms with Gasteiger partial charge in [0.1, 0.15) is 12.1 Å². The molecule has 2 heterocycles. The van der Waals surface area contributed by atoms with E-state index in [4.69, 9.17) is 0 Å². The lowest BCUT2D eigenvalue weighted by molar-refractivity contribution is -0.581. The Labute approximate surface area is 61.7 Å². The molecule has 2 saturated heterocycles. The molecule has 10 heavy (non-hydrogen) atoms. The van der Waals surface area contributed by atoms with Crippen LogP contribution in [0.15, 0.2) is 0 Å². The Morgan fingerprint density at radius 1 is 1.10 bits per heavy atom. The summed E-state index contributed by atoms with van der Waals surface area (Å²) in [5.74, 6) is 1.43. The lowest BCUT2D eigenvalue weighted by Gasteiger charge is -2.12. The van der Waals surface area contributed by atoms with Gasteiger partial charge < -0.3 is 10.2 Å². The molecule has 0 N–H and O–H groups in total. The van der Waals surface area contributed by atoms with E-state index in [9.17, 15) is 5.53 Å². The van der Waals surface area contributed by atoms with Crippen molar-refractivity contribution in [2.75, 3.05) is 0 Å². The Morgan fingerprint density at radius 2 is 1.50 bits per heavy atom. The Hall–Kier alpha value is -0.400. The summed E-state index contributed by atoms with van der Waals surface area (Å²) in [5.41, 5.74) is 9.50. The second-order valence-corrected chi connectivity index (χ2v) is 3.94. The molecule has 0 radical (unpaired) electrons. The molecule has 56 valence electrons. The molecular weight excluding hydrogens is 124 g/mol. The lowest BCUT2D eigenvalue weighted by Crippen LogP contribution is -2.18. The summed E-state index contributed by atoms with van der Waals surface area (Å²) < 4.78 is 1.59. The monoisotopic (exact) mass is 138 g/mol. The average Bonchev–Trinajstić information content (AvgIpc) is 2.26. The van der Waals surface area contributed by atoms with Gasteiger partial charge in [0.25, 0.3) is 0 Å². The van der Waals surface area contributed by atoms with E-state index in [-0.39, 0.29) is 0 Å². The van der Waals surface area contributed by atoms with Crippen LogP contribution < -0.4 is 0 Å². The summed E-state index contributed by atoms with van der Waals surface area (Å²) in [6.07, 6.45) is 2.39. The van der Waals surface area contributed by atoms with E-state index in [1.165, 1.54) is 12.8 Å². The molecular formula is C8H14N2. The molecule has 2 bridgehead atoms. The van der Waals surface area contributed by atoms with Gasteiger partial charge in [-0.15, -0.1) is 0 Å². The fraction of sp³-hybridized carbons (Fsp3) is 1.00. The van der Waals surface area contributed by atoms with Gasteiger partial charge >= 0.3 is 0 Å². The highest BCUT2D eigenvalue weighted by Gasteiger charge is 2.49. The quantitative estimate of drug-likeness (QED) is 0.456. The van der Waals surface area contributed by atoms with E-state index < -0.39 is 0 Å². The molecule has 0 aromatic rings. The van der Waals surface area contributed by atoms with Crippen molar-refractivity contribution in [2.24, 2.45) is 11.8 Å². The fourth-order valence-corrected chi connectivity index (χ4v) is 2.52. The van der Waals surface area contributed by atoms with Crippen molar-refractivity contribution in [3.8, 4) is 0 Å². The Morgan fingerprint density at radius 3 is 1.70 bits per heavy atom. The van der Waals surface area contributed by atoms with Gasteiger partial charge in [0.05, 0.1) is 0 Å². The highest BCUT2D eigenvalue weighted by atomic mass is 15.3. The minimum absolute atomic E-state index is 0.472. The Kier molecular flexibility index (Phi) is 1.14. The maximum Gasteiger partial charge on any atom is 0.144 e. The van der Waals surface area contributed by atoms with Crippen molar-refractivity contribution in [3.63, 3.8) is 0 Å². The highest BCUT2D eigenvalue weighted by Crippen LogP contribution is 2.41. The normalized spacial score (nSPS) is 52.4. The molecule has 0 aromatic heterocycles. The molecule has 0 aliphatic carbocycles. The third-order valence-corrected chi connectivity index (χ3v) is 3.22. The molecule has 4 atom stereocenters. The van der Waals surface area contributed by atoms with Gasteiger partial charge in [-0.2, -0.15) is 0 Å².